The zero-order chi connectivity index (χ0) is 21.9. The van der Waals surface area contributed by atoms with Crippen LogP contribution in [0.2, 0.25) is 0 Å². The fourth-order valence-corrected chi connectivity index (χ4v) is 3.84. The lowest BCUT2D eigenvalue weighted by molar-refractivity contribution is -0.147. The molecule has 7 nitrogen and oxygen atoms in total. The van der Waals surface area contributed by atoms with E-state index in [9.17, 15) is 9.90 Å². The number of methoxy groups -OCH3 is 1. The molecule has 2 rings (SSSR count). The first kappa shape index (κ1) is 24.6. The van der Waals surface area contributed by atoms with E-state index in [2.05, 4.69) is 48.0 Å². The SMILES string of the molecule is COC(=O)C1CCN(CC(O)COc2cccc(CN(C)CCCN(C)C)c2)CC1. The van der Waals surface area contributed by atoms with Gasteiger partial charge in [-0.05, 0) is 84.3 Å². The standard InChI is InChI=1S/C23H39N3O4/c1-24(2)11-6-12-25(3)16-19-7-5-8-22(15-19)30-18-21(27)17-26-13-9-20(10-14-26)23(28)29-4/h5,7-8,15,20-21,27H,6,9-14,16-18H2,1-4H3. The van der Waals surface area contributed by atoms with Crippen molar-refractivity contribution in [3.8, 4) is 5.75 Å². The minimum atomic E-state index is -0.558. The van der Waals surface area contributed by atoms with Crippen LogP contribution >= 0.6 is 0 Å². The van der Waals surface area contributed by atoms with Crippen molar-refractivity contribution in [3.63, 3.8) is 0 Å². The number of carbonyl (C=O) groups excluding carboxylic acids is 1. The number of nitrogens with zero attached hydrogens (tertiary/aromatic N) is 3. The Balaban J connectivity index is 1.70. The number of benzene rings is 1. The van der Waals surface area contributed by atoms with Crippen molar-refractivity contribution in [1.29, 1.82) is 0 Å². The van der Waals surface area contributed by atoms with Crippen molar-refractivity contribution in [1.82, 2.24) is 14.7 Å². The van der Waals surface area contributed by atoms with Crippen molar-refractivity contribution in [2.75, 3.05) is 67.6 Å². The molecule has 30 heavy (non-hydrogen) atoms. The lowest BCUT2D eigenvalue weighted by Crippen LogP contribution is -2.42. The molecule has 0 aromatic heterocycles. The van der Waals surface area contributed by atoms with Crippen molar-refractivity contribution in [2.45, 2.75) is 31.9 Å². The fourth-order valence-electron chi connectivity index (χ4n) is 3.84. The first-order valence-electron chi connectivity index (χ1n) is 10.9. The van der Waals surface area contributed by atoms with E-state index < -0.39 is 6.10 Å². The van der Waals surface area contributed by atoms with Crippen LogP contribution in [0.3, 0.4) is 0 Å². The molecule has 1 aromatic rings. The molecule has 0 amide bonds. The average Bonchev–Trinajstić information content (AvgIpc) is 2.72. The molecule has 1 aromatic carbocycles. The van der Waals surface area contributed by atoms with Gasteiger partial charge in [-0.15, -0.1) is 0 Å². The lowest BCUT2D eigenvalue weighted by atomic mass is 9.97. The zero-order valence-corrected chi connectivity index (χ0v) is 19.0. The van der Waals surface area contributed by atoms with Crippen LogP contribution in [0.1, 0.15) is 24.8 Å². The Morgan fingerprint density at radius 3 is 2.63 bits per heavy atom. The van der Waals surface area contributed by atoms with Gasteiger partial charge < -0.3 is 29.3 Å². The van der Waals surface area contributed by atoms with Crippen LogP contribution in [0, 0.1) is 5.92 Å². The second-order valence-corrected chi connectivity index (χ2v) is 8.60. The Hall–Kier alpha value is -1.67. The van der Waals surface area contributed by atoms with Gasteiger partial charge in [-0.25, -0.2) is 0 Å². The number of likely N-dealkylation sites (tertiary alicyclic amines) is 1. The number of aliphatic hydroxyl groups is 1. The van der Waals surface area contributed by atoms with Gasteiger partial charge in [0.1, 0.15) is 18.5 Å². The summed E-state index contributed by atoms with van der Waals surface area (Å²) in [6.45, 7) is 5.43. The predicted molar refractivity (Wildman–Crippen MR) is 119 cm³/mol. The number of β-amino-alcohol motifs (C(OH)–C–C–N with tert-alkyl or cyclic N) is 1. The molecule has 1 aliphatic heterocycles. The fraction of sp³-hybridized carbons (Fsp3) is 0.696. The van der Waals surface area contributed by atoms with Crippen molar-refractivity contribution >= 4 is 5.97 Å². The maximum atomic E-state index is 11.6. The minimum Gasteiger partial charge on any atom is -0.491 e. The maximum absolute atomic E-state index is 11.6. The molecule has 1 aliphatic rings. The third-order valence-electron chi connectivity index (χ3n) is 5.53. The number of hydrogen-bond acceptors (Lipinski definition) is 7. The Kier molecular flexibility index (Phi) is 10.6. The molecule has 1 heterocycles. The molecule has 1 saturated heterocycles. The highest BCUT2D eigenvalue weighted by atomic mass is 16.5. The summed E-state index contributed by atoms with van der Waals surface area (Å²) in [7, 11) is 7.77. The molecule has 1 atom stereocenters. The largest absolute Gasteiger partial charge is 0.491 e. The number of esters is 1. The summed E-state index contributed by atoms with van der Waals surface area (Å²) in [5, 5.41) is 10.4. The van der Waals surface area contributed by atoms with Gasteiger partial charge in [-0.3, -0.25) is 4.79 Å². The number of aliphatic hydroxyl groups excluding tert-OH is 1. The number of ether oxygens (including phenoxy) is 2. The Labute approximate surface area is 181 Å². The second kappa shape index (κ2) is 12.9. The van der Waals surface area contributed by atoms with E-state index >= 15 is 0 Å². The molecule has 1 unspecified atom stereocenters. The summed E-state index contributed by atoms with van der Waals surface area (Å²) in [5.74, 6) is 0.655. The summed E-state index contributed by atoms with van der Waals surface area (Å²) < 4.78 is 10.7. The summed E-state index contributed by atoms with van der Waals surface area (Å²) >= 11 is 0. The molecular weight excluding hydrogens is 382 g/mol. The molecule has 1 fully saturated rings. The highest BCUT2D eigenvalue weighted by Crippen LogP contribution is 2.19. The van der Waals surface area contributed by atoms with E-state index in [4.69, 9.17) is 9.47 Å². The number of rotatable bonds is 12. The van der Waals surface area contributed by atoms with Crippen LogP contribution in [-0.2, 0) is 16.1 Å². The third kappa shape index (κ3) is 9.00. The van der Waals surface area contributed by atoms with Gasteiger partial charge in [0, 0.05) is 13.1 Å². The smallest absolute Gasteiger partial charge is 0.308 e. The molecule has 0 saturated carbocycles. The molecule has 7 heteroatoms. The minimum absolute atomic E-state index is 0.0107. The van der Waals surface area contributed by atoms with Crippen molar-refractivity contribution in [3.05, 3.63) is 29.8 Å². The Bertz CT molecular complexity index is 633. The molecular formula is C23H39N3O4. The lowest BCUT2D eigenvalue weighted by Gasteiger charge is -2.31. The molecule has 0 bridgehead atoms. The van der Waals surface area contributed by atoms with Gasteiger partial charge in [-0.1, -0.05) is 12.1 Å². The normalized spacial score (nSPS) is 16.8. The zero-order valence-electron chi connectivity index (χ0n) is 19.0. The van der Waals surface area contributed by atoms with Crippen LogP contribution < -0.4 is 4.74 Å². The van der Waals surface area contributed by atoms with E-state index in [0.717, 1.165) is 57.7 Å². The first-order chi connectivity index (χ1) is 14.4. The van der Waals surface area contributed by atoms with Crippen molar-refractivity contribution < 1.29 is 19.4 Å². The molecule has 0 radical (unpaired) electrons. The third-order valence-corrected chi connectivity index (χ3v) is 5.53. The number of piperidine rings is 1. The molecule has 1 N–H and O–H groups in total. The van der Waals surface area contributed by atoms with E-state index in [1.165, 1.54) is 12.7 Å². The Morgan fingerprint density at radius 1 is 1.23 bits per heavy atom. The van der Waals surface area contributed by atoms with Crippen LogP contribution in [0.5, 0.6) is 5.75 Å². The van der Waals surface area contributed by atoms with Crippen molar-refractivity contribution in [2.24, 2.45) is 5.92 Å². The number of carbonyl (C=O) groups is 1. The van der Waals surface area contributed by atoms with E-state index in [1.54, 1.807) is 0 Å². The van der Waals surface area contributed by atoms with Crippen LogP contribution in [0.4, 0.5) is 0 Å². The first-order valence-corrected chi connectivity index (χ1v) is 10.9. The van der Waals surface area contributed by atoms with Crippen LogP contribution in [0.25, 0.3) is 0 Å². The topological polar surface area (TPSA) is 65.5 Å². The van der Waals surface area contributed by atoms with Gasteiger partial charge in [0.25, 0.3) is 0 Å². The van der Waals surface area contributed by atoms with E-state index in [0.29, 0.717) is 6.54 Å². The summed E-state index contributed by atoms with van der Waals surface area (Å²) in [5.41, 5.74) is 1.21. The second-order valence-electron chi connectivity index (χ2n) is 8.60. The highest BCUT2D eigenvalue weighted by molar-refractivity contribution is 5.72. The number of hydrogen-bond donors (Lipinski definition) is 1. The van der Waals surface area contributed by atoms with E-state index in [-0.39, 0.29) is 18.5 Å². The summed E-state index contributed by atoms with van der Waals surface area (Å²) in [6, 6.07) is 8.10. The molecule has 0 aliphatic carbocycles. The Morgan fingerprint density at radius 2 is 1.97 bits per heavy atom. The summed E-state index contributed by atoms with van der Waals surface area (Å²) in [4.78, 5) is 18.3. The van der Waals surface area contributed by atoms with Crippen LogP contribution in [0.15, 0.2) is 24.3 Å². The van der Waals surface area contributed by atoms with Gasteiger partial charge in [-0.2, -0.15) is 0 Å². The predicted octanol–water partition coefficient (Wildman–Crippen LogP) is 1.69. The van der Waals surface area contributed by atoms with Gasteiger partial charge in [0.05, 0.1) is 13.0 Å². The molecule has 170 valence electrons. The maximum Gasteiger partial charge on any atom is 0.308 e. The van der Waals surface area contributed by atoms with Crippen LogP contribution in [-0.4, -0.2) is 99.5 Å². The van der Waals surface area contributed by atoms with Gasteiger partial charge in [0.15, 0.2) is 0 Å². The summed E-state index contributed by atoms with van der Waals surface area (Å²) in [6.07, 6.45) is 2.15. The average molecular weight is 422 g/mol. The van der Waals surface area contributed by atoms with Gasteiger partial charge in [0.2, 0.25) is 0 Å². The highest BCUT2D eigenvalue weighted by Gasteiger charge is 2.26. The quantitative estimate of drug-likeness (QED) is 0.515. The monoisotopic (exact) mass is 421 g/mol. The van der Waals surface area contributed by atoms with E-state index in [1.807, 2.05) is 12.1 Å². The van der Waals surface area contributed by atoms with Gasteiger partial charge >= 0.3 is 5.97 Å². The molecule has 0 spiro atoms.